The van der Waals surface area contributed by atoms with Crippen LogP contribution in [0.3, 0.4) is 0 Å². The van der Waals surface area contributed by atoms with Crippen molar-refractivity contribution in [1.82, 2.24) is 0 Å². The molecule has 0 N–H and O–H groups in total. The average molecular weight is 754 g/mol. The summed E-state index contributed by atoms with van der Waals surface area (Å²) in [6.07, 6.45) is 22.2. The van der Waals surface area contributed by atoms with Gasteiger partial charge in [0.25, 0.3) is 0 Å². The van der Waals surface area contributed by atoms with Gasteiger partial charge in [0.2, 0.25) is 0 Å². The first kappa shape index (κ1) is 37.3. The fourth-order valence-electron chi connectivity index (χ4n) is 9.56. The molecule has 0 spiro atoms. The summed E-state index contributed by atoms with van der Waals surface area (Å²) in [6.45, 7) is 17.4. The number of benzene rings is 1. The maximum atomic E-state index is 6.60. The van der Waals surface area contributed by atoms with E-state index in [1.54, 1.807) is 0 Å². The monoisotopic (exact) mass is 753 g/mol. The van der Waals surface area contributed by atoms with Crippen LogP contribution in [0.25, 0.3) is 0 Å². The van der Waals surface area contributed by atoms with Gasteiger partial charge in [-0.05, 0) is 43.5 Å². The minimum absolute atomic E-state index is 0.151. The molecule has 0 atom stereocenters. The molecule has 0 bridgehead atoms. The molecule has 1 aromatic rings. The third kappa shape index (κ3) is 8.93. The van der Waals surface area contributed by atoms with Crippen LogP contribution in [0.2, 0.25) is 0 Å². The topological polar surface area (TPSA) is 3.24 Å². The van der Waals surface area contributed by atoms with Gasteiger partial charge >= 0.3 is 158 Å². The molecule has 4 aliphatic rings. The second-order valence-corrected chi connectivity index (χ2v) is 27.1. The Morgan fingerprint density at radius 2 is 1.16 bits per heavy atom. The SMILES string of the molecule is CC(C)c1cccc(C(C)C)c1N1[CH-][N+](C)(C)CC1(C)C.[Cl][Ru]([Cl])=[CH][P+](C1CCCCC1)(C1CCCCC1)C1CCCCC1. The molecule has 44 heavy (non-hydrogen) atoms. The molecule has 1 aromatic carbocycles. The van der Waals surface area contributed by atoms with Gasteiger partial charge in [0, 0.05) is 19.8 Å². The van der Waals surface area contributed by atoms with Crippen molar-refractivity contribution in [1.29, 1.82) is 0 Å². The zero-order valence-corrected chi connectivity index (χ0v) is 33.7. The predicted octanol–water partition coefficient (Wildman–Crippen LogP) is 12.4. The second kappa shape index (κ2) is 16.3. The fraction of sp³-hybridized carbons (Fsp3) is 0.789. The third-order valence-electron chi connectivity index (χ3n) is 11.3. The number of likely N-dealkylation sites (N-methyl/N-ethyl adjacent to an activating group) is 1. The Hall–Kier alpha value is 0.483. The van der Waals surface area contributed by atoms with Crippen molar-refractivity contribution in [2.24, 2.45) is 0 Å². The summed E-state index contributed by atoms with van der Waals surface area (Å²) in [5, 5.41) is 0. The van der Waals surface area contributed by atoms with E-state index in [9.17, 15) is 0 Å². The Kier molecular flexibility index (Phi) is 13.8. The molecule has 0 aromatic heterocycles. The van der Waals surface area contributed by atoms with Gasteiger partial charge in [0.1, 0.15) is 0 Å². The van der Waals surface area contributed by atoms with Gasteiger partial charge in [0.15, 0.2) is 0 Å². The van der Waals surface area contributed by atoms with E-state index in [1.807, 2.05) is 0 Å². The molecule has 1 saturated heterocycles. The summed E-state index contributed by atoms with van der Waals surface area (Å²) in [5.41, 5.74) is 7.51. The number of hydrogen-bond donors (Lipinski definition) is 0. The molecule has 0 amide bonds. The van der Waals surface area contributed by atoms with Crippen molar-refractivity contribution in [2.45, 2.75) is 172 Å². The summed E-state index contributed by atoms with van der Waals surface area (Å²) in [7, 11) is 16.7. The first-order valence-electron chi connectivity index (χ1n) is 18.1. The molecule has 1 aliphatic heterocycles. The summed E-state index contributed by atoms with van der Waals surface area (Å²) < 4.78 is 3.65. The average Bonchev–Trinajstić information content (AvgIpc) is 3.23. The maximum absolute atomic E-state index is 6.60. The van der Waals surface area contributed by atoms with E-state index in [-0.39, 0.29) is 5.54 Å². The van der Waals surface area contributed by atoms with Crippen molar-refractivity contribution >= 4 is 36.7 Å². The van der Waals surface area contributed by atoms with Crippen LogP contribution < -0.4 is 4.90 Å². The fourth-order valence-corrected chi connectivity index (χ4v) is 25.1. The van der Waals surface area contributed by atoms with Crippen LogP contribution in [0, 0.1) is 6.67 Å². The van der Waals surface area contributed by atoms with Crippen LogP contribution in [0.15, 0.2) is 18.2 Å². The van der Waals surface area contributed by atoms with Crippen LogP contribution in [-0.2, 0) is 13.5 Å². The normalized spacial score (nSPS) is 23.9. The summed E-state index contributed by atoms with van der Waals surface area (Å²) in [5.74, 6) is 1.08. The van der Waals surface area contributed by atoms with Gasteiger partial charge in [-0.3, -0.25) is 0 Å². The Bertz CT molecular complexity index is 1010. The van der Waals surface area contributed by atoms with Crippen LogP contribution >= 0.6 is 26.6 Å². The molecule has 6 heteroatoms. The van der Waals surface area contributed by atoms with E-state index in [0.717, 1.165) is 28.0 Å². The Balaban J connectivity index is 0.000000202. The van der Waals surface area contributed by atoms with Crippen molar-refractivity contribution < 1.29 is 18.0 Å². The van der Waals surface area contributed by atoms with Crippen molar-refractivity contribution in [2.75, 3.05) is 25.5 Å². The van der Waals surface area contributed by atoms with E-state index in [4.69, 9.17) is 19.4 Å². The van der Waals surface area contributed by atoms with Crippen molar-refractivity contribution in [3.63, 3.8) is 0 Å². The number of nitrogens with zero attached hydrogens (tertiary/aromatic N) is 2. The molecular formula is C38H66Cl2N2PRu+. The number of rotatable bonds is 7. The molecule has 3 aliphatic carbocycles. The molecule has 5 rings (SSSR count). The van der Waals surface area contributed by atoms with E-state index in [2.05, 4.69) is 89.8 Å². The zero-order chi connectivity index (χ0) is 32.1. The van der Waals surface area contributed by atoms with Gasteiger partial charge in [-0.1, -0.05) is 45.9 Å². The number of hydrogen-bond acceptors (Lipinski definition) is 1. The van der Waals surface area contributed by atoms with Crippen molar-refractivity contribution in [3.05, 3.63) is 36.0 Å². The number of halogens is 2. The number of quaternary nitrogens is 1. The molecular weight excluding hydrogens is 687 g/mol. The van der Waals surface area contributed by atoms with Gasteiger partial charge in [0.05, 0.1) is 12.1 Å². The van der Waals surface area contributed by atoms with Gasteiger partial charge < -0.3 is 9.38 Å². The Morgan fingerprint density at radius 1 is 0.773 bits per heavy atom. The molecule has 1 heterocycles. The standard InChI is InChI=1S/C19H32N2.C19H34P.2ClH.Ru/c1-14(2)16-10-9-11-17(15(3)4)18(16)20-13-21(7,8)12-19(20,5)6;1-20(17-11-5-2-6-12-17,18-13-7-3-8-14-18)19-15-9-4-10-16-19;;;/h9-11,13-15H,12H2,1-8H3;1,17-19H,2-16H2;2*1H;/q;+1;;;+2/p-2. The molecule has 4 fully saturated rings. The zero-order valence-electron chi connectivity index (χ0n) is 29.5. The molecule has 3 saturated carbocycles. The quantitative estimate of drug-likeness (QED) is 0.116. The summed E-state index contributed by atoms with van der Waals surface area (Å²) in [6, 6.07) is 6.82. The third-order valence-corrected chi connectivity index (χ3v) is 22.9. The van der Waals surface area contributed by atoms with Crippen molar-refractivity contribution in [3.8, 4) is 0 Å². The van der Waals surface area contributed by atoms with E-state index in [0.29, 0.717) is 11.8 Å². The first-order chi connectivity index (χ1) is 20.8. The first-order valence-corrected chi connectivity index (χ1v) is 25.7. The van der Waals surface area contributed by atoms with Gasteiger partial charge in [-0.2, -0.15) is 0 Å². The van der Waals surface area contributed by atoms with Crippen LogP contribution in [-0.4, -0.2) is 52.0 Å². The molecule has 254 valence electrons. The van der Waals surface area contributed by atoms with Gasteiger partial charge in [-0.25, -0.2) is 0 Å². The molecule has 0 unspecified atom stereocenters. The molecule has 2 nitrogen and oxygen atoms in total. The molecule has 0 radical (unpaired) electrons. The van der Waals surface area contributed by atoms with E-state index >= 15 is 0 Å². The summed E-state index contributed by atoms with van der Waals surface area (Å²) >= 11 is -1.68. The number of para-hydroxylation sites is 1. The number of anilines is 1. The van der Waals surface area contributed by atoms with Crippen LogP contribution in [0.4, 0.5) is 5.69 Å². The van der Waals surface area contributed by atoms with E-state index in [1.165, 1.54) is 113 Å². The summed E-state index contributed by atoms with van der Waals surface area (Å²) in [4.78, 5) is 2.54. The minimum atomic E-state index is -1.68. The predicted molar refractivity (Wildman–Crippen MR) is 198 cm³/mol. The van der Waals surface area contributed by atoms with Gasteiger partial charge in [-0.15, -0.1) is 0 Å². The second-order valence-electron chi connectivity index (χ2n) is 16.4. The van der Waals surface area contributed by atoms with Crippen LogP contribution in [0.1, 0.15) is 161 Å². The Morgan fingerprint density at radius 3 is 1.45 bits per heavy atom. The van der Waals surface area contributed by atoms with E-state index < -0.39 is 20.8 Å². The van der Waals surface area contributed by atoms with Crippen LogP contribution in [0.5, 0.6) is 0 Å². The Labute approximate surface area is 286 Å².